The van der Waals surface area contributed by atoms with E-state index in [2.05, 4.69) is 29.7 Å². The maximum absolute atomic E-state index is 9.20. The summed E-state index contributed by atoms with van der Waals surface area (Å²) in [6.07, 6.45) is 4.94. The summed E-state index contributed by atoms with van der Waals surface area (Å²) in [5.74, 6) is 2.79. The van der Waals surface area contributed by atoms with Crippen molar-refractivity contribution in [3.8, 4) is 6.07 Å². The van der Waals surface area contributed by atoms with Crippen LogP contribution in [0.2, 0.25) is 0 Å². The quantitative estimate of drug-likeness (QED) is 0.685. The zero-order chi connectivity index (χ0) is 10.7. The van der Waals surface area contributed by atoms with Gasteiger partial charge in [0.15, 0.2) is 0 Å². The molecule has 0 spiro atoms. The van der Waals surface area contributed by atoms with E-state index in [-0.39, 0.29) is 0 Å². The Kier molecular flexibility index (Phi) is 3.93. The van der Waals surface area contributed by atoms with Crippen LogP contribution in [0.25, 0.3) is 0 Å². The Balaban J connectivity index is 2.03. The third-order valence-electron chi connectivity index (χ3n) is 3.74. The average molecular weight is 224 g/mol. The molecule has 2 nitrogen and oxygen atoms in total. The Morgan fingerprint density at radius 1 is 1.33 bits per heavy atom. The summed E-state index contributed by atoms with van der Waals surface area (Å²) in [4.78, 5) is 2.60. The molecule has 0 amide bonds. The summed E-state index contributed by atoms with van der Waals surface area (Å²) in [7, 11) is 0. The highest BCUT2D eigenvalue weighted by Crippen LogP contribution is 2.31. The second-order valence-corrected chi connectivity index (χ2v) is 5.90. The van der Waals surface area contributed by atoms with Crippen molar-refractivity contribution in [1.29, 1.82) is 5.26 Å². The zero-order valence-corrected chi connectivity index (χ0v) is 10.3. The van der Waals surface area contributed by atoms with Crippen LogP contribution < -0.4 is 0 Å². The van der Waals surface area contributed by atoms with Crippen molar-refractivity contribution in [3.63, 3.8) is 0 Å². The largest absolute Gasteiger partial charge is 0.295 e. The first-order valence-electron chi connectivity index (χ1n) is 6.06. The van der Waals surface area contributed by atoms with E-state index in [1.165, 1.54) is 37.3 Å². The molecule has 2 rings (SSSR count). The molecule has 3 heteroatoms. The van der Waals surface area contributed by atoms with Gasteiger partial charge in [-0.2, -0.15) is 17.0 Å². The fourth-order valence-corrected chi connectivity index (χ4v) is 3.93. The topological polar surface area (TPSA) is 27.0 Å². The minimum Gasteiger partial charge on any atom is -0.295 e. The lowest BCUT2D eigenvalue weighted by Gasteiger charge is -2.43. The molecule has 0 aromatic heterocycles. The third kappa shape index (κ3) is 2.49. The third-order valence-corrected chi connectivity index (χ3v) is 4.93. The maximum atomic E-state index is 9.20. The van der Waals surface area contributed by atoms with Gasteiger partial charge in [0.25, 0.3) is 0 Å². The second kappa shape index (κ2) is 5.23. The summed E-state index contributed by atoms with van der Waals surface area (Å²) >= 11 is 2.06. The van der Waals surface area contributed by atoms with Crippen LogP contribution in [0, 0.1) is 17.2 Å². The Labute approximate surface area is 97.0 Å². The van der Waals surface area contributed by atoms with Crippen molar-refractivity contribution in [2.45, 2.75) is 44.7 Å². The molecule has 2 fully saturated rings. The first-order valence-corrected chi connectivity index (χ1v) is 7.21. The van der Waals surface area contributed by atoms with Crippen molar-refractivity contribution in [2.24, 2.45) is 5.92 Å². The monoisotopic (exact) mass is 224 g/mol. The Bertz CT molecular complexity index is 248. The van der Waals surface area contributed by atoms with Crippen molar-refractivity contribution in [2.75, 3.05) is 18.1 Å². The van der Waals surface area contributed by atoms with Crippen LogP contribution in [0.1, 0.15) is 32.6 Å². The van der Waals surface area contributed by atoms with Gasteiger partial charge < -0.3 is 0 Å². The molecule has 2 aliphatic rings. The lowest BCUT2D eigenvalue weighted by molar-refractivity contribution is 0.101. The fourth-order valence-electron chi connectivity index (χ4n) is 2.89. The van der Waals surface area contributed by atoms with Crippen LogP contribution in [-0.2, 0) is 0 Å². The van der Waals surface area contributed by atoms with E-state index in [1.54, 1.807) is 0 Å². The van der Waals surface area contributed by atoms with Crippen LogP contribution in [0.3, 0.4) is 0 Å². The van der Waals surface area contributed by atoms with Gasteiger partial charge in [0.2, 0.25) is 0 Å². The van der Waals surface area contributed by atoms with Gasteiger partial charge in [0, 0.05) is 30.1 Å². The van der Waals surface area contributed by atoms with E-state index in [0.29, 0.717) is 18.0 Å². The van der Waals surface area contributed by atoms with Gasteiger partial charge >= 0.3 is 0 Å². The number of rotatable bonds is 1. The first-order chi connectivity index (χ1) is 7.33. The predicted molar refractivity (Wildman–Crippen MR) is 64.9 cm³/mol. The van der Waals surface area contributed by atoms with Gasteiger partial charge in [-0.05, 0) is 19.8 Å². The van der Waals surface area contributed by atoms with Crippen LogP contribution >= 0.6 is 11.8 Å². The van der Waals surface area contributed by atoms with Gasteiger partial charge in [-0.15, -0.1) is 0 Å². The van der Waals surface area contributed by atoms with E-state index in [4.69, 9.17) is 0 Å². The van der Waals surface area contributed by atoms with Crippen molar-refractivity contribution in [1.82, 2.24) is 4.90 Å². The molecule has 0 aromatic carbocycles. The van der Waals surface area contributed by atoms with E-state index in [0.717, 1.165) is 6.42 Å². The van der Waals surface area contributed by atoms with Gasteiger partial charge in [-0.25, -0.2) is 0 Å². The summed E-state index contributed by atoms with van der Waals surface area (Å²) in [5, 5.41) is 9.20. The lowest BCUT2D eigenvalue weighted by Crippen LogP contribution is -2.50. The Hall–Kier alpha value is -0.200. The SMILES string of the molecule is CC1CSCCN1C1CCCCC1C#N. The van der Waals surface area contributed by atoms with Crippen LogP contribution in [0.15, 0.2) is 0 Å². The molecule has 0 aromatic rings. The number of hydrogen-bond donors (Lipinski definition) is 0. The highest BCUT2D eigenvalue weighted by Gasteiger charge is 2.33. The van der Waals surface area contributed by atoms with E-state index in [1.807, 2.05) is 0 Å². The smallest absolute Gasteiger partial charge is 0.0672 e. The molecule has 1 aliphatic heterocycles. The van der Waals surface area contributed by atoms with Crippen molar-refractivity contribution >= 4 is 11.8 Å². The van der Waals surface area contributed by atoms with Gasteiger partial charge in [-0.1, -0.05) is 12.8 Å². The molecule has 1 aliphatic carbocycles. The highest BCUT2D eigenvalue weighted by molar-refractivity contribution is 7.99. The van der Waals surface area contributed by atoms with E-state index in [9.17, 15) is 5.26 Å². The zero-order valence-electron chi connectivity index (χ0n) is 9.48. The molecular formula is C12H20N2S. The Morgan fingerprint density at radius 3 is 2.87 bits per heavy atom. The Morgan fingerprint density at radius 2 is 2.13 bits per heavy atom. The van der Waals surface area contributed by atoms with E-state index >= 15 is 0 Å². The molecule has 3 unspecified atom stereocenters. The molecule has 0 bridgehead atoms. The van der Waals surface area contributed by atoms with Gasteiger partial charge in [0.1, 0.15) is 0 Å². The number of nitriles is 1. The summed E-state index contributed by atoms with van der Waals surface area (Å²) < 4.78 is 0. The molecule has 1 saturated heterocycles. The predicted octanol–water partition coefficient (Wildman–Crippen LogP) is 2.51. The highest BCUT2D eigenvalue weighted by atomic mass is 32.2. The lowest BCUT2D eigenvalue weighted by atomic mass is 9.84. The number of nitrogens with zero attached hydrogens (tertiary/aromatic N) is 2. The molecule has 15 heavy (non-hydrogen) atoms. The summed E-state index contributed by atoms with van der Waals surface area (Å²) in [5.41, 5.74) is 0. The molecular weight excluding hydrogens is 204 g/mol. The summed E-state index contributed by atoms with van der Waals surface area (Å²) in [6.45, 7) is 3.50. The van der Waals surface area contributed by atoms with Crippen LogP contribution in [0.5, 0.6) is 0 Å². The van der Waals surface area contributed by atoms with Crippen LogP contribution in [0.4, 0.5) is 0 Å². The minimum atomic E-state index is 0.296. The van der Waals surface area contributed by atoms with Gasteiger partial charge in [0.05, 0.1) is 12.0 Å². The standard InChI is InChI=1S/C12H20N2S/c1-10-9-15-7-6-14(10)12-5-3-2-4-11(12)8-13/h10-12H,2-7,9H2,1H3. The van der Waals surface area contributed by atoms with Gasteiger partial charge in [-0.3, -0.25) is 4.90 Å². The van der Waals surface area contributed by atoms with Crippen molar-refractivity contribution < 1.29 is 0 Å². The fraction of sp³-hybridized carbons (Fsp3) is 0.917. The molecule has 3 atom stereocenters. The maximum Gasteiger partial charge on any atom is 0.0672 e. The number of thioether (sulfide) groups is 1. The molecule has 1 saturated carbocycles. The summed E-state index contributed by atoms with van der Waals surface area (Å²) in [6, 6.07) is 3.75. The second-order valence-electron chi connectivity index (χ2n) is 4.75. The van der Waals surface area contributed by atoms with Crippen molar-refractivity contribution in [3.05, 3.63) is 0 Å². The molecule has 0 N–H and O–H groups in total. The molecule has 1 heterocycles. The molecule has 0 radical (unpaired) electrons. The number of hydrogen-bond acceptors (Lipinski definition) is 3. The average Bonchev–Trinajstić information content (AvgIpc) is 2.30. The van der Waals surface area contributed by atoms with Crippen LogP contribution in [-0.4, -0.2) is 35.0 Å². The minimum absolute atomic E-state index is 0.296. The first kappa shape index (κ1) is 11.3. The normalized spacial score (nSPS) is 38.5. The van der Waals surface area contributed by atoms with E-state index < -0.39 is 0 Å². The molecule has 84 valence electrons.